The van der Waals surface area contributed by atoms with Crippen LogP contribution in [-0.2, 0) is 10.3 Å². The number of nitrogens with zero attached hydrogens (tertiary/aromatic N) is 5. The molecule has 2 aromatic heterocycles. The number of aromatic nitrogens is 3. The molecule has 1 aliphatic heterocycles. The van der Waals surface area contributed by atoms with Crippen molar-refractivity contribution in [3.05, 3.63) is 60.6 Å². The number of carbonyl (C=O) groups is 1. The molecule has 37 heavy (non-hydrogen) atoms. The molecule has 0 aliphatic carbocycles. The van der Waals surface area contributed by atoms with E-state index in [0.717, 1.165) is 61.8 Å². The quantitative estimate of drug-likeness (QED) is 0.289. The van der Waals surface area contributed by atoms with E-state index in [9.17, 15) is 4.79 Å². The summed E-state index contributed by atoms with van der Waals surface area (Å²) in [6.45, 7) is 9.05. The van der Waals surface area contributed by atoms with Gasteiger partial charge in [0.15, 0.2) is 0 Å². The number of rotatable bonds is 11. The van der Waals surface area contributed by atoms with Crippen LogP contribution in [0, 0.1) is 0 Å². The maximum absolute atomic E-state index is 11.0. The largest absolute Gasteiger partial charge is 0.480 e. The number of anilines is 3. The number of piperazine rings is 1. The van der Waals surface area contributed by atoms with E-state index in [-0.39, 0.29) is 12.1 Å². The molecule has 0 amide bonds. The van der Waals surface area contributed by atoms with Crippen LogP contribution in [0.5, 0.6) is 0 Å². The molecule has 196 valence electrons. The third-order valence-corrected chi connectivity index (χ3v) is 6.77. The number of carboxylic acid groups (broad SMARTS) is 1. The van der Waals surface area contributed by atoms with E-state index in [1.165, 1.54) is 5.56 Å². The van der Waals surface area contributed by atoms with E-state index in [1.807, 2.05) is 29.2 Å². The molecule has 0 radical (unpaired) electrons. The maximum Gasteiger partial charge on any atom is 0.317 e. The highest BCUT2D eigenvalue weighted by Crippen LogP contribution is 2.31. The van der Waals surface area contributed by atoms with Gasteiger partial charge < -0.3 is 21.5 Å². The van der Waals surface area contributed by atoms with E-state index < -0.39 is 5.97 Å². The zero-order valence-corrected chi connectivity index (χ0v) is 21.5. The van der Waals surface area contributed by atoms with E-state index in [4.69, 9.17) is 10.8 Å². The lowest BCUT2D eigenvalue weighted by atomic mass is 9.91. The van der Waals surface area contributed by atoms with Crippen LogP contribution in [-0.4, -0.2) is 81.6 Å². The fourth-order valence-corrected chi connectivity index (χ4v) is 4.51. The molecular weight excluding hydrogens is 468 g/mol. The summed E-state index contributed by atoms with van der Waals surface area (Å²) in [7, 11) is 0. The zero-order valence-electron chi connectivity index (χ0n) is 21.5. The fourth-order valence-electron chi connectivity index (χ4n) is 4.51. The average molecular weight is 505 g/mol. The SMILES string of the molecule is CC(C)(c1cccc(Nc2cc(-c3cnc(NCCCN)nc3)ccn2)c1)N1CCN(CC(=O)O)CC1. The highest BCUT2D eigenvalue weighted by Gasteiger charge is 2.32. The van der Waals surface area contributed by atoms with Crippen LogP contribution in [0.3, 0.4) is 0 Å². The van der Waals surface area contributed by atoms with Gasteiger partial charge in [0.25, 0.3) is 0 Å². The Labute approximate surface area is 217 Å². The molecule has 1 aliphatic rings. The van der Waals surface area contributed by atoms with E-state index >= 15 is 0 Å². The number of nitrogens with two attached hydrogens (primary N) is 1. The van der Waals surface area contributed by atoms with Crippen molar-refractivity contribution in [2.75, 3.05) is 56.4 Å². The molecule has 3 aromatic rings. The minimum Gasteiger partial charge on any atom is -0.480 e. The molecule has 1 saturated heterocycles. The van der Waals surface area contributed by atoms with Gasteiger partial charge in [-0.05, 0) is 62.2 Å². The van der Waals surface area contributed by atoms with Crippen LogP contribution >= 0.6 is 0 Å². The highest BCUT2D eigenvalue weighted by molar-refractivity contribution is 5.69. The van der Waals surface area contributed by atoms with Crippen molar-refractivity contribution in [2.24, 2.45) is 5.73 Å². The second kappa shape index (κ2) is 12.1. The lowest BCUT2D eigenvalue weighted by Crippen LogP contribution is -2.54. The second-order valence-corrected chi connectivity index (χ2v) is 9.72. The third kappa shape index (κ3) is 7.00. The summed E-state index contributed by atoms with van der Waals surface area (Å²) in [5.74, 6) is 0.552. The predicted octanol–water partition coefficient (Wildman–Crippen LogP) is 2.98. The Bertz CT molecular complexity index is 1180. The Morgan fingerprint density at radius 3 is 2.51 bits per heavy atom. The van der Waals surface area contributed by atoms with E-state index in [1.54, 1.807) is 18.6 Å². The van der Waals surface area contributed by atoms with Crippen molar-refractivity contribution in [3.8, 4) is 11.1 Å². The minimum absolute atomic E-state index is 0.0989. The van der Waals surface area contributed by atoms with Crippen molar-refractivity contribution in [3.63, 3.8) is 0 Å². The maximum atomic E-state index is 11.0. The van der Waals surface area contributed by atoms with E-state index in [0.29, 0.717) is 12.5 Å². The first-order valence-electron chi connectivity index (χ1n) is 12.6. The van der Waals surface area contributed by atoms with Crippen LogP contribution in [0.1, 0.15) is 25.8 Å². The smallest absolute Gasteiger partial charge is 0.317 e. The standard InChI is InChI=1S/C27H36N8O2/c1-27(2,35-13-11-34(12-14-35)19-25(36)37)22-5-3-6-23(16-22)33-24-15-20(7-10-29-24)21-17-31-26(32-18-21)30-9-4-8-28/h3,5-7,10,15-18H,4,8-9,11-14,19,28H2,1-2H3,(H,29,33)(H,36,37)(H,30,31,32). The Balaban J connectivity index is 1.42. The molecule has 4 rings (SSSR count). The van der Waals surface area contributed by atoms with Crippen molar-refractivity contribution >= 4 is 23.4 Å². The molecule has 10 heteroatoms. The van der Waals surface area contributed by atoms with Gasteiger partial charge in [-0.3, -0.25) is 14.6 Å². The molecule has 0 unspecified atom stereocenters. The van der Waals surface area contributed by atoms with Crippen molar-refractivity contribution < 1.29 is 9.90 Å². The van der Waals surface area contributed by atoms with Gasteiger partial charge in [-0.2, -0.15) is 0 Å². The van der Waals surface area contributed by atoms with Gasteiger partial charge in [0.05, 0.1) is 6.54 Å². The number of carboxylic acids is 1. The van der Waals surface area contributed by atoms with Gasteiger partial charge in [0, 0.05) is 68.1 Å². The van der Waals surface area contributed by atoms with E-state index in [2.05, 4.69) is 56.5 Å². The number of hydrogen-bond acceptors (Lipinski definition) is 9. The zero-order chi connectivity index (χ0) is 26.3. The summed E-state index contributed by atoms with van der Waals surface area (Å²) in [5.41, 5.74) is 9.36. The molecule has 0 saturated carbocycles. The second-order valence-electron chi connectivity index (χ2n) is 9.72. The Hall–Kier alpha value is -3.60. The van der Waals surface area contributed by atoms with Crippen LogP contribution < -0.4 is 16.4 Å². The molecule has 1 fully saturated rings. The van der Waals surface area contributed by atoms with Gasteiger partial charge >= 0.3 is 5.97 Å². The highest BCUT2D eigenvalue weighted by atomic mass is 16.4. The molecule has 5 N–H and O–H groups in total. The summed E-state index contributed by atoms with van der Waals surface area (Å²) in [4.78, 5) is 28.7. The molecule has 0 bridgehead atoms. The van der Waals surface area contributed by atoms with Crippen LogP contribution in [0.15, 0.2) is 55.0 Å². The van der Waals surface area contributed by atoms with Crippen LogP contribution in [0.2, 0.25) is 0 Å². The summed E-state index contributed by atoms with van der Waals surface area (Å²) < 4.78 is 0. The first-order chi connectivity index (χ1) is 17.8. The summed E-state index contributed by atoms with van der Waals surface area (Å²) in [6.07, 6.45) is 6.24. The number of aliphatic carboxylic acids is 1. The number of nitrogens with one attached hydrogen (secondary N) is 2. The predicted molar refractivity (Wildman–Crippen MR) is 146 cm³/mol. The molecule has 0 spiro atoms. The first-order valence-corrected chi connectivity index (χ1v) is 12.6. The average Bonchev–Trinajstić information content (AvgIpc) is 2.89. The molecular formula is C27H36N8O2. The van der Waals surface area contributed by atoms with Gasteiger partial charge in [-0.1, -0.05) is 12.1 Å². The number of pyridine rings is 1. The Morgan fingerprint density at radius 1 is 1.05 bits per heavy atom. The van der Waals surface area contributed by atoms with Gasteiger partial charge in [0.1, 0.15) is 5.82 Å². The lowest BCUT2D eigenvalue weighted by molar-refractivity contribution is -0.138. The number of benzene rings is 1. The molecule has 1 aromatic carbocycles. The van der Waals surface area contributed by atoms with Crippen molar-refractivity contribution in [2.45, 2.75) is 25.8 Å². The third-order valence-electron chi connectivity index (χ3n) is 6.77. The molecule has 3 heterocycles. The number of hydrogen-bond donors (Lipinski definition) is 4. The monoisotopic (exact) mass is 504 g/mol. The first kappa shape index (κ1) is 26.5. The summed E-state index contributed by atoms with van der Waals surface area (Å²) >= 11 is 0. The summed E-state index contributed by atoms with van der Waals surface area (Å²) in [6, 6.07) is 12.3. The van der Waals surface area contributed by atoms with Crippen LogP contribution in [0.25, 0.3) is 11.1 Å². The summed E-state index contributed by atoms with van der Waals surface area (Å²) in [5, 5.41) is 15.7. The van der Waals surface area contributed by atoms with Crippen LogP contribution in [0.4, 0.5) is 17.5 Å². The van der Waals surface area contributed by atoms with Gasteiger partial charge in [-0.25, -0.2) is 15.0 Å². The molecule has 10 nitrogen and oxygen atoms in total. The lowest BCUT2D eigenvalue weighted by Gasteiger charge is -2.44. The van der Waals surface area contributed by atoms with Gasteiger partial charge in [0.2, 0.25) is 5.95 Å². The Kier molecular flexibility index (Phi) is 8.65. The Morgan fingerprint density at radius 2 is 1.81 bits per heavy atom. The fraction of sp³-hybridized carbons (Fsp3) is 0.407. The molecule has 0 atom stereocenters. The topological polar surface area (TPSA) is 133 Å². The van der Waals surface area contributed by atoms with Gasteiger partial charge in [-0.15, -0.1) is 0 Å². The minimum atomic E-state index is -0.774. The van der Waals surface area contributed by atoms with Crippen molar-refractivity contribution in [1.82, 2.24) is 24.8 Å². The normalized spacial score (nSPS) is 14.9. The van der Waals surface area contributed by atoms with Crippen molar-refractivity contribution in [1.29, 1.82) is 0 Å².